The molecule has 0 spiro atoms. The predicted octanol–water partition coefficient (Wildman–Crippen LogP) is 4.45. The molecule has 34 heavy (non-hydrogen) atoms. The molecule has 1 aliphatic rings. The number of amides is 1. The van der Waals surface area contributed by atoms with Gasteiger partial charge in [-0.3, -0.25) is 19.0 Å². The van der Waals surface area contributed by atoms with Gasteiger partial charge < -0.3 is 9.64 Å². The van der Waals surface area contributed by atoms with E-state index in [4.69, 9.17) is 4.74 Å². The number of aromatic nitrogens is 2. The summed E-state index contributed by atoms with van der Waals surface area (Å²) in [4.78, 5) is 45.4. The number of rotatable bonds is 4. The summed E-state index contributed by atoms with van der Waals surface area (Å²) in [7, 11) is 1.63. The highest BCUT2D eigenvalue weighted by Crippen LogP contribution is 2.35. The fourth-order valence-electron chi connectivity index (χ4n) is 4.10. The minimum atomic E-state index is -0.840. The fourth-order valence-corrected chi connectivity index (χ4v) is 5.00. The van der Waals surface area contributed by atoms with Crippen molar-refractivity contribution in [3.8, 4) is 16.9 Å². The minimum Gasteiger partial charge on any atom is -0.479 e. The van der Waals surface area contributed by atoms with Gasteiger partial charge in [0.05, 0.1) is 23.4 Å². The molecule has 2 atom stereocenters. The van der Waals surface area contributed by atoms with Crippen molar-refractivity contribution in [1.29, 1.82) is 0 Å². The lowest BCUT2D eigenvalue weighted by molar-refractivity contribution is -0.125. The third kappa shape index (κ3) is 3.49. The molecular weight excluding hydrogens is 457 g/mol. The minimum absolute atomic E-state index is 0.207. The molecule has 4 aromatic rings. The quantitative estimate of drug-likeness (QED) is 0.406. The summed E-state index contributed by atoms with van der Waals surface area (Å²) in [6, 6.07) is 9.93. The molecule has 5 rings (SSSR count). The number of anilines is 1. The average molecular weight is 478 g/mol. The Bertz CT molecular complexity index is 1510. The van der Waals surface area contributed by atoms with E-state index in [-0.39, 0.29) is 23.1 Å². The first kappa shape index (κ1) is 22.0. The first-order chi connectivity index (χ1) is 16.3. The maximum Gasteiger partial charge on any atom is 0.267 e. The number of hydrogen-bond acceptors (Lipinski definition) is 6. The van der Waals surface area contributed by atoms with Crippen molar-refractivity contribution in [1.82, 2.24) is 9.55 Å². The molecule has 9 heteroatoms. The van der Waals surface area contributed by atoms with Crippen molar-refractivity contribution in [2.75, 3.05) is 11.9 Å². The van der Waals surface area contributed by atoms with E-state index >= 15 is 0 Å². The lowest BCUT2D eigenvalue weighted by atomic mass is 10.0. The number of nitrogens with zero attached hydrogens (tertiary/aromatic N) is 3. The molecule has 1 aliphatic heterocycles. The molecule has 3 heterocycles. The maximum atomic E-state index is 13.4. The molecule has 0 saturated heterocycles. The molecule has 0 fully saturated rings. The van der Waals surface area contributed by atoms with Crippen molar-refractivity contribution in [3.63, 3.8) is 0 Å². The summed E-state index contributed by atoms with van der Waals surface area (Å²) in [6.45, 7) is 3.30. The molecule has 2 aromatic heterocycles. The Morgan fingerprint density at radius 3 is 2.65 bits per heavy atom. The standard InChI is InChI=1S/C25H20FN3O4S/c1-13(22(30)16-6-9-20-19(10-16)28(3)24(31)14(2)33-20)29-12-27-23-21(25(29)32)18(11-34-23)15-4-7-17(26)8-5-15/h4-14H,1-3H3. The fraction of sp³-hybridized carbons (Fsp3) is 0.200. The van der Waals surface area contributed by atoms with Crippen LogP contribution in [0.3, 0.4) is 0 Å². The Hall–Kier alpha value is -3.85. The number of carbonyl (C=O) groups is 2. The predicted molar refractivity (Wildman–Crippen MR) is 128 cm³/mol. The highest BCUT2D eigenvalue weighted by Gasteiger charge is 2.30. The van der Waals surface area contributed by atoms with Crippen molar-refractivity contribution in [2.24, 2.45) is 0 Å². The van der Waals surface area contributed by atoms with Gasteiger partial charge in [0.25, 0.3) is 11.5 Å². The van der Waals surface area contributed by atoms with Crippen LogP contribution in [0.4, 0.5) is 10.1 Å². The van der Waals surface area contributed by atoms with E-state index in [9.17, 15) is 18.8 Å². The van der Waals surface area contributed by atoms with Crippen LogP contribution < -0.4 is 15.2 Å². The Morgan fingerprint density at radius 2 is 1.91 bits per heavy atom. The number of hydrogen-bond donors (Lipinski definition) is 0. The molecule has 0 bridgehead atoms. The van der Waals surface area contributed by atoms with Gasteiger partial charge in [0.15, 0.2) is 11.9 Å². The smallest absolute Gasteiger partial charge is 0.267 e. The SMILES string of the molecule is CC1Oc2ccc(C(=O)C(C)n3cnc4scc(-c5ccc(F)cc5)c4c3=O)cc2N(C)C1=O. The summed E-state index contributed by atoms with van der Waals surface area (Å²) >= 11 is 1.31. The molecular formula is C25H20FN3O4S. The van der Waals surface area contributed by atoms with Crippen LogP contribution in [-0.4, -0.2) is 34.4 Å². The summed E-state index contributed by atoms with van der Waals surface area (Å²) in [5, 5.41) is 2.19. The first-order valence-corrected chi connectivity index (χ1v) is 11.5. The van der Waals surface area contributed by atoms with E-state index in [0.717, 1.165) is 0 Å². The Kier molecular flexibility index (Phi) is 5.28. The van der Waals surface area contributed by atoms with E-state index < -0.39 is 12.1 Å². The summed E-state index contributed by atoms with van der Waals surface area (Å²) < 4.78 is 20.3. The van der Waals surface area contributed by atoms with E-state index in [1.54, 1.807) is 56.6 Å². The van der Waals surface area contributed by atoms with Crippen LogP contribution in [0.25, 0.3) is 21.3 Å². The van der Waals surface area contributed by atoms with Gasteiger partial charge in [0.2, 0.25) is 0 Å². The van der Waals surface area contributed by atoms with Crippen molar-refractivity contribution >= 4 is 38.9 Å². The lowest BCUT2D eigenvalue weighted by Crippen LogP contribution is -2.42. The number of ether oxygens (including phenoxy) is 1. The van der Waals surface area contributed by atoms with Crippen LogP contribution in [-0.2, 0) is 4.79 Å². The zero-order valence-corrected chi connectivity index (χ0v) is 19.4. The number of fused-ring (bicyclic) bond motifs is 2. The maximum absolute atomic E-state index is 13.4. The normalized spacial score (nSPS) is 16.3. The monoisotopic (exact) mass is 477 g/mol. The van der Waals surface area contributed by atoms with Crippen LogP contribution in [0, 0.1) is 5.82 Å². The van der Waals surface area contributed by atoms with Crippen molar-refractivity contribution in [3.05, 3.63) is 75.9 Å². The topological polar surface area (TPSA) is 81.5 Å². The Labute approximate surface area is 198 Å². The molecule has 0 N–H and O–H groups in total. The van der Waals surface area contributed by atoms with Gasteiger partial charge in [-0.15, -0.1) is 11.3 Å². The van der Waals surface area contributed by atoms with Crippen LogP contribution in [0.15, 0.2) is 59.0 Å². The molecule has 2 aromatic carbocycles. The number of thiophene rings is 1. The molecule has 172 valence electrons. The molecule has 1 amide bonds. The van der Waals surface area contributed by atoms with Crippen molar-refractivity contribution < 1.29 is 18.7 Å². The number of carbonyl (C=O) groups excluding carboxylic acids is 2. The molecule has 2 unspecified atom stereocenters. The highest BCUT2D eigenvalue weighted by atomic mass is 32.1. The highest BCUT2D eigenvalue weighted by molar-refractivity contribution is 7.17. The second-order valence-corrected chi connectivity index (χ2v) is 9.03. The number of halogens is 1. The largest absolute Gasteiger partial charge is 0.479 e. The van der Waals surface area contributed by atoms with Gasteiger partial charge in [-0.05, 0) is 49.7 Å². The number of ketones is 1. The Balaban J connectivity index is 1.53. The van der Waals surface area contributed by atoms with E-state index in [2.05, 4.69) is 4.98 Å². The Morgan fingerprint density at radius 1 is 1.18 bits per heavy atom. The van der Waals surface area contributed by atoms with Gasteiger partial charge >= 0.3 is 0 Å². The van der Waals surface area contributed by atoms with Crippen LogP contribution in [0.2, 0.25) is 0 Å². The second kappa shape index (κ2) is 8.18. The van der Waals surface area contributed by atoms with Gasteiger partial charge in [0.1, 0.15) is 16.4 Å². The molecule has 0 aliphatic carbocycles. The summed E-state index contributed by atoms with van der Waals surface area (Å²) in [5.41, 5.74) is 1.83. The summed E-state index contributed by atoms with van der Waals surface area (Å²) in [6.07, 6.45) is 0.770. The van der Waals surface area contributed by atoms with E-state index in [0.29, 0.717) is 38.3 Å². The molecule has 0 saturated carbocycles. The zero-order valence-electron chi connectivity index (χ0n) is 18.6. The van der Waals surface area contributed by atoms with Crippen LogP contribution in [0.5, 0.6) is 5.75 Å². The number of Topliss-reactive ketones (excluding diaryl/α,β-unsaturated/α-hetero) is 1. The number of benzene rings is 2. The van der Waals surface area contributed by atoms with Gasteiger partial charge in [-0.2, -0.15) is 0 Å². The van der Waals surface area contributed by atoms with Crippen LogP contribution in [0.1, 0.15) is 30.2 Å². The van der Waals surface area contributed by atoms with Gasteiger partial charge in [-0.1, -0.05) is 12.1 Å². The average Bonchev–Trinajstić information content (AvgIpc) is 3.27. The first-order valence-electron chi connectivity index (χ1n) is 10.6. The van der Waals surface area contributed by atoms with E-state index in [1.807, 2.05) is 0 Å². The van der Waals surface area contributed by atoms with E-state index in [1.165, 1.54) is 39.3 Å². The zero-order chi connectivity index (χ0) is 24.1. The molecule has 0 radical (unpaired) electrons. The third-order valence-corrected chi connectivity index (χ3v) is 6.94. The number of likely N-dealkylation sites (N-methyl/N-ethyl adjacent to an activating group) is 1. The summed E-state index contributed by atoms with van der Waals surface area (Å²) in [5.74, 6) is -0.359. The van der Waals surface area contributed by atoms with Crippen molar-refractivity contribution in [2.45, 2.75) is 26.0 Å². The molecule has 7 nitrogen and oxygen atoms in total. The second-order valence-electron chi connectivity index (χ2n) is 8.17. The van der Waals surface area contributed by atoms with Gasteiger partial charge in [0, 0.05) is 23.6 Å². The van der Waals surface area contributed by atoms with Gasteiger partial charge in [-0.25, -0.2) is 9.37 Å². The van der Waals surface area contributed by atoms with Crippen LogP contribution >= 0.6 is 11.3 Å². The third-order valence-electron chi connectivity index (χ3n) is 6.06. The lowest BCUT2D eigenvalue weighted by Gasteiger charge is -2.30.